The van der Waals surface area contributed by atoms with Crippen LogP contribution in [0.25, 0.3) is 0 Å². The normalized spacial score (nSPS) is 10.9. The number of nitrogens with one attached hydrogen (secondary N) is 1. The first-order valence-corrected chi connectivity index (χ1v) is 8.25. The molecule has 130 valence electrons. The first-order chi connectivity index (χ1) is 11.3. The third-order valence-electron chi connectivity index (χ3n) is 3.67. The topological polar surface area (TPSA) is 48.7 Å². The third-order valence-corrected chi connectivity index (χ3v) is 4.08. The maximum Gasteiger partial charge on any atom is 0.322 e. The highest BCUT2D eigenvalue weighted by atomic mass is 35.5. The van der Waals surface area contributed by atoms with Crippen LogP contribution in [0.5, 0.6) is 0 Å². The molecule has 0 aliphatic heterocycles. The first-order valence-electron chi connectivity index (χ1n) is 7.87. The zero-order chi connectivity index (χ0) is 17.7. The second-order valence-electron chi connectivity index (χ2n) is 6.13. The average molecular weight is 350 g/mol. The molecule has 0 radical (unpaired) electrons. The molecule has 0 aliphatic rings. The largest absolute Gasteiger partial charge is 0.464 e. The van der Waals surface area contributed by atoms with Crippen molar-refractivity contribution >= 4 is 23.3 Å². The van der Waals surface area contributed by atoms with E-state index >= 15 is 0 Å². The van der Waals surface area contributed by atoms with Crippen LogP contribution in [0.1, 0.15) is 17.1 Å². The number of anilines is 1. The van der Waals surface area contributed by atoms with Crippen LogP contribution in [0.2, 0.25) is 5.02 Å². The molecule has 1 aromatic carbocycles. The van der Waals surface area contributed by atoms with Gasteiger partial charge in [-0.1, -0.05) is 17.7 Å². The minimum atomic E-state index is -0.175. The summed E-state index contributed by atoms with van der Waals surface area (Å²) < 4.78 is 5.60. The SMILES string of the molecule is Cc1ccc(CN(CCN(C)C)C(=O)Nc2ccc(C)c(Cl)c2)o1. The molecule has 0 fully saturated rings. The fourth-order valence-electron chi connectivity index (χ4n) is 2.20. The highest BCUT2D eigenvalue weighted by molar-refractivity contribution is 6.31. The zero-order valence-corrected chi connectivity index (χ0v) is 15.4. The van der Waals surface area contributed by atoms with Crippen LogP contribution >= 0.6 is 11.6 Å². The number of hydrogen-bond donors (Lipinski definition) is 1. The zero-order valence-electron chi connectivity index (χ0n) is 14.6. The molecule has 0 bridgehead atoms. The average Bonchev–Trinajstić information content (AvgIpc) is 2.92. The van der Waals surface area contributed by atoms with Gasteiger partial charge in [0.05, 0.1) is 6.54 Å². The fraction of sp³-hybridized carbons (Fsp3) is 0.389. The molecule has 0 aliphatic carbocycles. The van der Waals surface area contributed by atoms with Gasteiger partial charge in [0.25, 0.3) is 0 Å². The van der Waals surface area contributed by atoms with Gasteiger partial charge in [-0.3, -0.25) is 0 Å². The highest BCUT2D eigenvalue weighted by Crippen LogP contribution is 2.20. The van der Waals surface area contributed by atoms with Gasteiger partial charge in [0.1, 0.15) is 11.5 Å². The molecule has 2 aromatic rings. The summed E-state index contributed by atoms with van der Waals surface area (Å²) >= 11 is 6.13. The Balaban J connectivity index is 2.08. The number of halogens is 1. The minimum Gasteiger partial charge on any atom is -0.464 e. The number of carbonyl (C=O) groups is 1. The van der Waals surface area contributed by atoms with Gasteiger partial charge in [0.2, 0.25) is 0 Å². The predicted molar refractivity (Wildman–Crippen MR) is 97.6 cm³/mol. The number of aryl methyl sites for hydroxylation is 2. The van der Waals surface area contributed by atoms with E-state index in [0.717, 1.165) is 23.6 Å². The molecule has 6 heteroatoms. The fourth-order valence-corrected chi connectivity index (χ4v) is 2.39. The summed E-state index contributed by atoms with van der Waals surface area (Å²) in [5.74, 6) is 1.60. The summed E-state index contributed by atoms with van der Waals surface area (Å²) in [6, 6.07) is 9.12. The second kappa shape index (κ2) is 8.22. The Morgan fingerprint density at radius 2 is 1.92 bits per heavy atom. The quantitative estimate of drug-likeness (QED) is 0.852. The summed E-state index contributed by atoms with van der Waals surface area (Å²) in [6.07, 6.45) is 0. The standard InChI is InChI=1S/C18H24ClN3O2/c1-13-5-7-15(11-17(13)19)20-18(23)22(10-9-21(3)4)12-16-8-6-14(2)24-16/h5-8,11H,9-10,12H2,1-4H3,(H,20,23). The molecule has 1 heterocycles. The lowest BCUT2D eigenvalue weighted by atomic mass is 10.2. The van der Waals surface area contributed by atoms with Crippen LogP contribution in [-0.4, -0.2) is 43.0 Å². The predicted octanol–water partition coefficient (Wildman–Crippen LogP) is 4.15. The van der Waals surface area contributed by atoms with E-state index in [1.807, 2.05) is 57.1 Å². The van der Waals surface area contributed by atoms with Gasteiger partial charge in [0, 0.05) is 23.8 Å². The van der Waals surface area contributed by atoms with E-state index in [1.165, 1.54) is 0 Å². The molecule has 2 amide bonds. The van der Waals surface area contributed by atoms with Gasteiger partial charge in [-0.2, -0.15) is 0 Å². The molecule has 1 aromatic heterocycles. The highest BCUT2D eigenvalue weighted by Gasteiger charge is 2.16. The van der Waals surface area contributed by atoms with E-state index in [2.05, 4.69) is 5.32 Å². The number of hydrogen-bond acceptors (Lipinski definition) is 3. The lowest BCUT2D eigenvalue weighted by Gasteiger charge is -2.24. The lowest BCUT2D eigenvalue weighted by Crippen LogP contribution is -2.38. The smallest absolute Gasteiger partial charge is 0.322 e. The van der Waals surface area contributed by atoms with Crippen LogP contribution in [-0.2, 0) is 6.54 Å². The van der Waals surface area contributed by atoms with Crippen molar-refractivity contribution in [2.45, 2.75) is 20.4 Å². The molecule has 0 spiro atoms. The number of carbonyl (C=O) groups excluding carboxylic acids is 1. The van der Waals surface area contributed by atoms with Crippen molar-refractivity contribution < 1.29 is 9.21 Å². The van der Waals surface area contributed by atoms with Crippen LogP contribution in [0.3, 0.4) is 0 Å². The summed E-state index contributed by atoms with van der Waals surface area (Å²) in [7, 11) is 3.96. The molecule has 0 saturated carbocycles. The van der Waals surface area contributed by atoms with Crippen molar-refractivity contribution in [3.8, 4) is 0 Å². The molecule has 0 saturated heterocycles. The van der Waals surface area contributed by atoms with E-state index in [0.29, 0.717) is 23.8 Å². The number of benzene rings is 1. The molecule has 24 heavy (non-hydrogen) atoms. The van der Waals surface area contributed by atoms with Crippen LogP contribution in [0.4, 0.5) is 10.5 Å². The van der Waals surface area contributed by atoms with Gasteiger partial charge in [-0.25, -0.2) is 4.79 Å². The summed E-state index contributed by atoms with van der Waals surface area (Å²) in [6.45, 7) is 5.60. The van der Waals surface area contributed by atoms with E-state index in [9.17, 15) is 4.79 Å². The molecule has 1 N–H and O–H groups in total. The number of rotatable bonds is 6. The minimum absolute atomic E-state index is 0.175. The van der Waals surface area contributed by atoms with Crippen molar-refractivity contribution in [1.82, 2.24) is 9.80 Å². The Morgan fingerprint density at radius 3 is 2.50 bits per heavy atom. The number of amides is 2. The van der Waals surface area contributed by atoms with E-state index in [1.54, 1.807) is 11.0 Å². The van der Waals surface area contributed by atoms with Crippen LogP contribution < -0.4 is 5.32 Å². The number of likely N-dealkylation sites (N-methyl/N-ethyl adjacent to an activating group) is 1. The molecular weight excluding hydrogens is 326 g/mol. The Bertz CT molecular complexity index is 697. The molecule has 0 atom stereocenters. The van der Waals surface area contributed by atoms with Crippen molar-refractivity contribution in [3.63, 3.8) is 0 Å². The summed E-state index contributed by atoms with van der Waals surface area (Å²) in [5, 5.41) is 3.54. The van der Waals surface area contributed by atoms with E-state index < -0.39 is 0 Å². The molecule has 5 nitrogen and oxygen atoms in total. The van der Waals surface area contributed by atoms with Crippen molar-refractivity contribution in [1.29, 1.82) is 0 Å². The summed E-state index contributed by atoms with van der Waals surface area (Å²) in [4.78, 5) is 16.4. The van der Waals surface area contributed by atoms with Gasteiger partial charge < -0.3 is 19.5 Å². The molecule has 2 rings (SSSR count). The maximum absolute atomic E-state index is 12.6. The lowest BCUT2D eigenvalue weighted by molar-refractivity contribution is 0.196. The Kier molecular flexibility index (Phi) is 6.29. The van der Waals surface area contributed by atoms with E-state index in [-0.39, 0.29) is 6.03 Å². The monoisotopic (exact) mass is 349 g/mol. The van der Waals surface area contributed by atoms with Gasteiger partial charge in [-0.15, -0.1) is 0 Å². The number of nitrogens with zero attached hydrogens (tertiary/aromatic N) is 2. The Hall–Kier alpha value is -1.98. The Labute approximate surface area is 148 Å². The van der Waals surface area contributed by atoms with Crippen molar-refractivity contribution in [3.05, 3.63) is 52.4 Å². The van der Waals surface area contributed by atoms with Crippen LogP contribution in [0, 0.1) is 13.8 Å². The Morgan fingerprint density at radius 1 is 1.17 bits per heavy atom. The summed E-state index contributed by atoms with van der Waals surface area (Å²) in [5.41, 5.74) is 1.66. The number of furan rings is 1. The van der Waals surface area contributed by atoms with Crippen molar-refractivity contribution in [2.24, 2.45) is 0 Å². The maximum atomic E-state index is 12.6. The number of urea groups is 1. The third kappa shape index (κ3) is 5.28. The molecule has 0 unspecified atom stereocenters. The van der Waals surface area contributed by atoms with Crippen LogP contribution in [0.15, 0.2) is 34.7 Å². The van der Waals surface area contributed by atoms with Gasteiger partial charge >= 0.3 is 6.03 Å². The second-order valence-corrected chi connectivity index (χ2v) is 6.54. The van der Waals surface area contributed by atoms with E-state index in [4.69, 9.17) is 16.0 Å². The first kappa shape index (κ1) is 18.4. The van der Waals surface area contributed by atoms with Gasteiger partial charge in [0.15, 0.2) is 0 Å². The van der Waals surface area contributed by atoms with Crippen molar-refractivity contribution in [2.75, 3.05) is 32.5 Å². The molecular formula is C18H24ClN3O2. The van der Waals surface area contributed by atoms with Gasteiger partial charge in [-0.05, 0) is 57.8 Å².